The van der Waals surface area contributed by atoms with E-state index in [0.29, 0.717) is 31.2 Å². The molecule has 5 nitrogen and oxygen atoms in total. The van der Waals surface area contributed by atoms with Crippen molar-refractivity contribution < 1.29 is 8.42 Å². The molecule has 0 unspecified atom stereocenters. The minimum Gasteiger partial charge on any atom is -0.330 e. The molecule has 0 saturated carbocycles. The van der Waals surface area contributed by atoms with Crippen molar-refractivity contribution >= 4 is 15.9 Å². The molecule has 116 valence electrons. The smallest absolute Gasteiger partial charge is 0.301 e. The first-order valence-electron chi connectivity index (χ1n) is 7.68. The molecule has 1 aliphatic carbocycles. The highest BCUT2D eigenvalue weighted by atomic mass is 32.2. The number of fused-ring (bicyclic) bond motifs is 1. The number of hydrogen-bond acceptors (Lipinski definition) is 3. The maximum Gasteiger partial charge on any atom is 0.301 e. The molecule has 0 atom stereocenters. The summed E-state index contributed by atoms with van der Waals surface area (Å²) in [6.07, 6.45) is 5.02. The number of hydrogen-bond donors (Lipinski definition) is 2. The molecule has 0 bridgehead atoms. The second kappa shape index (κ2) is 5.94. The molecule has 1 aromatic carbocycles. The van der Waals surface area contributed by atoms with Crippen LogP contribution in [0.15, 0.2) is 18.2 Å². The molecule has 21 heavy (non-hydrogen) atoms. The minimum atomic E-state index is -3.44. The number of aryl methyl sites for hydroxylation is 2. The molecular formula is C15H23N3O2S. The molecule has 1 fully saturated rings. The summed E-state index contributed by atoms with van der Waals surface area (Å²) in [6.45, 7) is 1.76. The van der Waals surface area contributed by atoms with Crippen molar-refractivity contribution in [2.75, 3.05) is 24.4 Å². The van der Waals surface area contributed by atoms with Gasteiger partial charge in [0.2, 0.25) is 0 Å². The Labute approximate surface area is 126 Å². The van der Waals surface area contributed by atoms with Gasteiger partial charge in [-0.25, -0.2) is 0 Å². The van der Waals surface area contributed by atoms with E-state index in [1.54, 1.807) is 0 Å². The lowest BCUT2D eigenvalue weighted by molar-refractivity contribution is 0.280. The summed E-state index contributed by atoms with van der Waals surface area (Å²) in [5.41, 5.74) is 8.95. The van der Waals surface area contributed by atoms with Crippen LogP contribution in [-0.4, -0.2) is 32.4 Å². The van der Waals surface area contributed by atoms with Gasteiger partial charge in [-0.15, -0.1) is 0 Å². The topological polar surface area (TPSA) is 75.4 Å². The van der Waals surface area contributed by atoms with Gasteiger partial charge in [-0.1, -0.05) is 6.07 Å². The molecule has 1 aromatic rings. The predicted octanol–water partition coefficient (Wildman–Crippen LogP) is 1.50. The zero-order valence-corrected chi connectivity index (χ0v) is 13.0. The molecule has 0 aromatic heterocycles. The van der Waals surface area contributed by atoms with E-state index in [0.717, 1.165) is 32.1 Å². The molecule has 3 rings (SSSR count). The van der Waals surface area contributed by atoms with Crippen molar-refractivity contribution in [2.24, 2.45) is 11.7 Å². The van der Waals surface area contributed by atoms with Crippen LogP contribution in [0, 0.1) is 5.92 Å². The van der Waals surface area contributed by atoms with Gasteiger partial charge in [0.15, 0.2) is 0 Å². The average Bonchev–Trinajstić information content (AvgIpc) is 2.94. The Hall–Kier alpha value is -1.11. The zero-order valence-electron chi connectivity index (χ0n) is 12.2. The fraction of sp³-hybridized carbons (Fsp3) is 0.600. The third-order valence-corrected chi connectivity index (χ3v) is 6.13. The largest absolute Gasteiger partial charge is 0.330 e. The third-order valence-electron chi connectivity index (χ3n) is 4.59. The Morgan fingerprint density at radius 1 is 1.19 bits per heavy atom. The minimum absolute atomic E-state index is 0.455. The van der Waals surface area contributed by atoms with Gasteiger partial charge >= 0.3 is 10.2 Å². The summed E-state index contributed by atoms with van der Waals surface area (Å²) in [6, 6.07) is 5.89. The Balaban J connectivity index is 1.69. The molecule has 3 N–H and O–H groups in total. The van der Waals surface area contributed by atoms with Gasteiger partial charge in [0, 0.05) is 13.1 Å². The first-order valence-corrected chi connectivity index (χ1v) is 9.12. The van der Waals surface area contributed by atoms with E-state index in [4.69, 9.17) is 5.73 Å². The second-order valence-corrected chi connectivity index (χ2v) is 7.69. The highest BCUT2D eigenvalue weighted by Crippen LogP contribution is 2.26. The monoisotopic (exact) mass is 309 g/mol. The lowest BCUT2D eigenvalue weighted by Gasteiger charge is -2.30. The van der Waals surface area contributed by atoms with Gasteiger partial charge in [-0.05, 0) is 67.8 Å². The van der Waals surface area contributed by atoms with E-state index in [-0.39, 0.29) is 0 Å². The quantitative estimate of drug-likeness (QED) is 0.885. The SMILES string of the molecule is NCC1CCN(S(=O)(=O)Nc2ccc3c(c2)CCC3)CC1. The summed E-state index contributed by atoms with van der Waals surface area (Å²) in [5, 5.41) is 0. The van der Waals surface area contributed by atoms with E-state index in [1.165, 1.54) is 15.4 Å². The Morgan fingerprint density at radius 2 is 1.90 bits per heavy atom. The Bertz CT molecular complexity index is 607. The van der Waals surface area contributed by atoms with Crippen LogP contribution < -0.4 is 10.5 Å². The van der Waals surface area contributed by atoms with Crippen molar-refractivity contribution in [1.29, 1.82) is 0 Å². The van der Waals surface area contributed by atoms with Crippen LogP contribution in [0.5, 0.6) is 0 Å². The van der Waals surface area contributed by atoms with Crippen LogP contribution in [0.1, 0.15) is 30.4 Å². The normalized spacial score (nSPS) is 20.4. The van der Waals surface area contributed by atoms with Crippen molar-refractivity contribution in [3.63, 3.8) is 0 Å². The van der Waals surface area contributed by atoms with Crippen molar-refractivity contribution in [1.82, 2.24) is 4.31 Å². The van der Waals surface area contributed by atoms with Gasteiger partial charge in [-0.3, -0.25) is 4.72 Å². The zero-order chi connectivity index (χ0) is 14.9. The van der Waals surface area contributed by atoms with E-state index < -0.39 is 10.2 Å². The molecule has 1 saturated heterocycles. The fourth-order valence-electron chi connectivity index (χ4n) is 3.23. The number of anilines is 1. The predicted molar refractivity (Wildman–Crippen MR) is 84.4 cm³/mol. The third kappa shape index (κ3) is 3.22. The molecular weight excluding hydrogens is 286 g/mol. The molecule has 0 amide bonds. The summed E-state index contributed by atoms with van der Waals surface area (Å²) in [5.74, 6) is 0.455. The van der Waals surface area contributed by atoms with Crippen LogP contribution >= 0.6 is 0 Å². The van der Waals surface area contributed by atoms with Crippen molar-refractivity contribution in [3.8, 4) is 0 Å². The van der Waals surface area contributed by atoms with Gasteiger partial charge in [0.1, 0.15) is 0 Å². The molecule has 2 aliphatic rings. The standard InChI is InChI=1S/C15H23N3O2S/c16-11-12-6-8-18(9-7-12)21(19,20)17-15-5-4-13-2-1-3-14(13)10-15/h4-5,10,12,17H,1-3,6-9,11,16H2. The molecule has 1 heterocycles. The Kier molecular flexibility index (Phi) is 4.19. The number of piperidine rings is 1. The van der Waals surface area contributed by atoms with E-state index in [2.05, 4.69) is 4.72 Å². The number of benzene rings is 1. The Morgan fingerprint density at radius 3 is 2.62 bits per heavy atom. The number of rotatable bonds is 4. The van der Waals surface area contributed by atoms with Crippen LogP contribution in [-0.2, 0) is 23.1 Å². The molecule has 0 radical (unpaired) electrons. The van der Waals surface area contributed by atoms with Crippen LogP contribution in [0.4, 0.5) is 5.69 Å². The summed E-state index contributed by atoms with van der Waals surface area (Å²) < 4.78 is 29.1. The molecule has 0 spiro atoms. The fourth-order valence-corrected chi connectivity index (χ4v) is 4.48. The number of nitrogens with zero attached hydrogens (tertiary/aromatic N) is 1. The number of nitrogens with two attached hydrogens (primary N) is 1. The lowest BCUT2D eigenvalue weighted by atomic mass is 9.99. The van der Waals surface area contributed by atoms with E-state index in [9.17, 15) is 8.42 Å². The van der Waals surface area contributed by atoms with Crippen molar-refractivity contribution in [2.45, 2.75) is 32.1 Å². The lowest BCUT2D eigenvalue weighted by Crippen LogP contribution is -2.42. The maximum atomic E-state index is 12.4. The summed E-state index contributed by atoms with van der Waals surface area (Å²) in [7, 11) is -3.44. The van der Waals surface area contributed by atoms with E-state index >= 15 is 0 Å². The van der Waals surface area contributed by atoms with Gasteiger partial charge in [0.25, 0.3) is 0 Å². The summed E-state index contributed by atoms with van der Waals surface area (Å²) in [4.78, 5) is 0. The molecule has 6 heteroatoms. The number of nitrogens with one attached hydrogen (secondary N) is 1. The van der Waals surface area contributed by atoms with Gasteiger partial charge in [-0.2, -0.15) is 12.7 Å². The maximum absolute atomic E-state index is 12.4. The molecule has 1 aliphatic heterocycles. The van der Waals surface area contributed by atoms with Gasteiger partial charge in [0.05, 0.1) is 5.69 Å². The average molecular weight is 309 g/mol. The second-order valence-electron chi connectivity index (χ2n) is 6.02. The summed E-state index contributed by atoms with van der Waals surface area (Å²) >= 11 is 0. The highest BCUT2D eigenvalue weighted by Gasteiger charge is 2.27. The van der Waals surface area contributed by atoms with Crippen LogP contribution in [0.25, 0.3) is 0 Å². The first-order chi connectivity index (χ1) is 10.1. The van der Waals surface area contributed by atoms with Crippen LogP contribution in [0.3, 0.4) is 0 Å². The van der Waals surface area contributed by atoms with E-state index in [1.807, 2.05) is 18.2 Å². The first kappa shape index (κ1) is 14.8. The van der Waals surface area contributed by atoms with Gasteiger partial charge < -0.3 is 5.73 Å². The van der Waals surface area contributed by atoms with Crippen molar-refractivity contribution in [3.05, 3.63) is 29.3 Å². The van der Waals surface area contributed by atoms with Crippen LogP contribution in [0.2, 0.25) is 0 Å². The highest BCUT2D eigenvalue weighted by molar-refractivity contribution is 7.90.